The summed E-state index contributed by atoms with van der Waals surface area (Å²) >= 11 is 0. The van der Waals surface area contributed by atoms with Crippen LogP contribution in [0.1, 0.15) is 59.5 Å². The highest BCUT2D eigenvalue weighted by atomic mass is 16.5. The Bertz CT molecular complexity index is 2100. The number of benzene rings is 6. The first-order chi connectivity index (χ1) is 22.4. The first kappa shape index (κ1) is 29.9. The highest BCUT2D eigenvalue weighted by Crippen LogP contribution is 2.44. The molecule has 0 fully saturated rings. The van der Waals surface area contributed by atoms with Gasteiger partial charge in [-0.15, -0.1) is 0 Å². The van der Waals surface area contributed by atoms with Crippen LogP contribution in [-0.2, 0) is 4.74 Å². The van der Waals surface area contributed by atoms with Gasteiger partial charge in [-0.05, 0) is 41.1 Å². The number of rotatable bonds is 9. The van der Waals surface area contributed by atoms with Crippen molar-refractivity contribution in [3.05, 3.63) is 167 Å². The number of hydrogen-bond acceptors (Lipinski definition) is 5. The number of carbonyl (C=O) groups excluding carboxylic acids is 3. The van der Waals surface area contributed by atoms with Crippen molar-refractivity contribution >= 4 is 34.3 Å². The zero-order chi connectivity index (χ0) is 32.2. The first-order valence-corrected chi connectivity index (χ1v) is 14.8. The molecule has 0 amide bonds. The lowest BCUT2D eigenvalue weighted by atomic mass is 9.78. The Balaban J connectivity index is 1.91. The lowest BCUT2D eigenvalue weighted by Crippen LogP contribution is -2.19. The standard InChI is InChI=1S/C40H28O6/c1-2-46-40(45)29-23-30(25-15-7-3-8-16-25)33-31(24-29)32(26-17-9-4-10-18-26)34(37(41)27-19-11-5-12-20-27)36(39(43)44)35(33)38(42)28-21-13-6-14-22-28/h3-24H,2H2,1H3,(H,43,44). The summed E-state index contributed by atoms with van der Waals surface area (Å²) in [7, 11) is 0. The fourth-order valence-corrected chi connectivity index (χ4v) is 5.84. The summed E-state index contributed by atoms with van der Waals surface area (Å²) < 4.78 is 5.40. The molecule has 224 valence electrons. The van der Waals surface area contributed by atoms with Gasteiger partial charge in [0.15, 0.2) is 11.6 Å². The van der Waals surface area contributed by atoms with Crippen molar-refractivity contribution in [2.24, 2.45) is 0 Å². The number of ketones is 2. The van der Waals surface area contributed by atoms with Crippen LogP contribution >= 0.6 is 0 Å². The molecule has 0 aromatic heterocycles. The predicted molar refractivity (Wildman–Crippen MR) is 177 cm³/mol. The van der Waals surface area contributed by atoms with E-state index < -0.39 is 29.1 Å². The Hall–Kier alpha value is -6.14. The summed E-state index contributed by atoms with van der Waals surface area (Å²) in [6.07, 6.45) is 0. The number of carboxylic acid groups (broad SMARTS) is 1. The number of fused-ring (bicyclic) bond motifs is 1. The highest BCUT2D eigenvalue weighted by Gasteiger charge is 2.34. The monoisotopic (exact) mass is 604 g/mol. The minimum absolute atomic E-state index is 0.135. The number of carboxylic acids is 1. The zero-order valence-electron chi connectivity index (χ0n) is 24.9. The summed E-state index contributed by atoms with van der Waals surface area (Å²) in [5.41, 5.74) is 1.98. The second-order valence-corrected chi connectivity index (χ2v) is 10.6. The smallest absolute Gasteiger partial charge is 0.338 e. The third kappa shape index (κ3) is 5.48. The highest BCUT2D eigenvalue weighted by molar-refractivity contribution is 6.32. The maximum atomic E-state index is 14.6. The molecule has 46 heavy (non-hydrogen) atoms. The Labute approximate surface area is 265 Å². The molecule has 0 spiro atoms. The van der Waals surface area contributed by atoms with Crippen molar-refractivity contribution in [2.45, 2.75) is 6.92 Å². The van der Waals surface area contributed by atoms with Gasteiger partial charge in [0.25, 0.3) is 0 Å². The minimum Gasteiger partial charge on any atom is -0.478 e. The van der Waals surface area contributed by atoms with E-state index in [0.717, 1.165) is 0 Å². The van der Waals surface area contributed by atoms with Crippen molar-refractivity contribution in [3.63, 3.8) is 0 Å². The summed E-state index contributed by atoms with van der Waals surface area (Å²) in [6.45, 7) is 1.84. The van der Waals surface area contributed by atoms with E-state index in [4.69, 9.17) is 4.74 Å². The molecule has 1 N–H and O–H groups in total. The van der Waals surface area contributed by atoms with Gasteiger partial charge in [0.05, 0.1) is 17.7 Å². The Morgan fingerprint density at radius 1 is 0.565 bits per heavy atom. The lowest BCUT2D eigenvalue weighted by Gasteiger charge is -2.23. The normalized spacial score (nSPS) is 10.8. The number of esters is 1. The van der Waals surface area contributed by atoms with E-state index in [2.05, 4.69) is 0 Å². The molecule has 0 atom stereocenters. The van der Waals surface area contributed by atoms with Gasteiger partial charge in [-0.2, -0.15) is 0 Å². The molecular formula is C40H28O6. The first-order valence-electron chi connectivity index (χ1n) is 14.8. The third-order valence-electron chi connectivity index (χ3n) is 7.81. The molecule has 0 saturated heterocycles. The largest absolute Gasteiger partial charge is 0.478 e. The SMILES string of the molecule is CCOC(=O)c1cc(-c2ccccc2)c2c(C(=O)c3ccccc3)c(C(=O)O)c(C(=O)c3ccccc3)c(-c3ccccc3)c2c1. The number of carbonyl (C=O) groups is 4. The molecule has 0 bridgehead atoms. The van der Waals surface area contributed by atoms with Crippen LogP contribution in [-0.4, -0.2) is 35.2 Å². The molecule has 0 aliphatic heterocycles. The van der Waals surface area contributed by atoms with E-state index in [-0.39, 0.29) is 34.4 Å². The Morgan fingerprint density at radius 2 is 1.04 bits per heavy atom. The van der Waals surface area contributed by atoms with Crippen LogP contribution in [0.15, 0.2) is 133 Å². The molecule has 6 heteroatoms. The van der Waals surface area contributed by atoms with Crippen LogP contribution in [0.3, 0.4) is 0 Å². The molecule has 6 aromatic rings. The van der Waals surface area contributed by atoms with E-state index in [0.29, 0.717) is 33.0 Å². The van der Waals surface area contributed by atoms with Gasteiger partial charge >= 0.3 is 11.9 Å². The number of aromatic carboxylic acids is 1. The maximum absolute atomic E-state index is 14.6. The summed E-state index contributed by atoms with van der Waals surface area (Å²) in [5, 5.41) is 11.7. The van der Waals surface area contributed by atoms with Gasteiger partial charge in [0.2, 0.25) is 0 Å². The molecule has 0 unspecified atom stereocenters. The van der Waals surface area contributed by atoms with E-state index in [1.165, 1.54) is 0 Å². The van der Waals surface area contributed by atoms with Crippen LogP contribution in [0.4, 0.5) is 0 Å². The van der Waals surface area contributed by atoms with Crippen LogP contribution in [0.5, 0.6) is 0 Å². The summed E-state index contributed by atoms with van der Waals surface area (Å²) in [5.74, 6) is -3.14. The van der Waals surface area contributed by atoms with Crippen LogP contribution in [0, 0.1) is 0 Å². The second kappa shape index (κ2) is 12.8. The van der Waals surface area contributed by atoms with E-state index in [9.17, 15) is 24.3 Å². The molecule has 6 rings (SSSR count). The van der Waals surface area contributed by atoms with Gasteiger partial charge in [-0.1, -0.05) is 121 Å². The van der Waals surface area contributed by atoms with E-state index in [1.807, 2.05) is 36.4 Å². The van der Waals surface area contributed by atoms with Crippen molar-refractivity contribution in [3.8, 4) is 22.3 Å². The Morgan fingerprint density at radius 3 is 1.54 bits per heavy atom. The third-order valence-corrected chi connectivity index (χ3v) is 7.81. The fourth-order valence-electron chi connectivity index (χ4n) is 5.84. The van der Waals surface area contributed by atoms with Crippen LogP contribution in [0.2, 0.25) is 0 Å². The molecule has 0 radical (unpaired) electrons. The molecule has 0 saturated carbocycles. The van der Waals surface area contributed by atoms with Gasteiger partial charge in [0.1, 0.15) is 0 Å². The van der Waals surface area contributed by atoms with Crippen LogP contribution < -0.4 is 0 Å². The number of ether oxygens (including phenoxy) is 1. The molecule has 0 aliphatic carbocycles. The second-order valence-electron chi connectivity index (χ2n) is 10.6. The summed E-state index contributed by atoms with van der Waals surface area (Å²) in [6, 6.07) is 38.0. The molecule has 0 heterocycles. The lowest BCUT2D eigenvalue weighted by molar-refractivity contribution is 0.0526. The maximum Gasteiger partial charge on any atom is 0.338 e. The molecule has 6 aromatic carbocycles. The molecule has 0 aliphatic rings. The number of hydrogen-bond donors (Lipinski definition) is 1. The summed E-state index contributed by atoms with van der Waals surface area (Å²) in [4.78, 5) is 55.9. The van der Waals surface area contributed by atoms with Gasteiger partial charge in [-0.3, -0.25) is 9.59 Å². The predicted octanol–water partition coefficient (Wildman–Crippen LogP) is 8.51. The molecular weight excluding hydrogens is 576 g/mol. The zero-order valence-corrected chi connectivity index (χ0v) is 24.9. The fraction of sp³-hybridized carbons (Fsp3) is 0.0500. The average Bonchev–Trinajstić information content (AvgIpc) is 3.11. The minimum atomic E-state index is -1.42. The van der Waals surface area contributed by atoms with Crippen molar-refractivity contribution in [2.75, 3.05) is 6.61 Å². The quantitative estimate of drug-likeness (QED) is 0.131. The van der Waals surface area contributed by atoms with E-state index >= 15 is 0 Å². The van der Waals surface area contributed by atoms with Crippen molar-refractivity contribution in [1.82, 2.24) is 0 Å². The van der Waals surface area contributed by atoms with Crippen molar-refractivity contribution < 1.29 is 29.0 Å². The van der Waals surface area contributed by atoms with Crippen molar-refractivity contribution in [1.29, 1.82) is 0 Å². The van der Waals surface area contributed by atoms with E-state index in [1.54, 1.807) is 104 Å². The van der Waals surface area contributed by atoms with Gasteiger partial charge in [0, 0.05) is 33.2 Å². The van der Waals surface area contributed by atoms with Gasteiger partial charge in [-0.25, -0.2) is 9.59 Å². The average molecular weight is 605 g/mol. The Kier molecular flexibility index (Phi) is 8.35. The molecule has 6 nitrogen and oxygen atoms in total. The van der Waals surface area contributed by atoms with Crippen LogP contribution in [0.25, 0.3) is 33.0 Å². The van der Waals surface area contributed by atoms with Gasteiger partial charge < -0.3 is 9.84 Å². The topological polar surface area (TPSA) is 97.7 Å².